The number of carbonyl (C=O) groups excluding carboxylic acids is 1. The van der Waals surface area contributed by atoms with E-state index in [4.69, 9.17) is 11.6 Å². The first kappa shape index (κ1) is 19.8. The quantitative estimate of drug-likeness (QED) is 0.611. The molecule has 0 aliphatic carbocycles. The summed E-state index contributed by atoms with van der Waals surface area (Å²) in [5, 5.41) is 13.0. The maximum Gasteiger partial charge on any atom is 0.306 e. The van der Waals surface area contributed by atoms with E-state index < -0.39 is 32.4 Å². The molecule has 0 aliphatic rings. The largest absolute Gasteiger partial charge is 0.322 e. The van der Waals surface area contributed by atoms with Gasteiger partial charge >= 0.3 is 5.69 Å². The molecule has 0 unspecified atom stereocenters. The van der Waals surface area contributed by atoms with Crippen LogP contribution in [0.3, 0.4) is 0 Å². The Hall–Kier alpha value is -2.56. The topological polar surface area (TPSA) is 110 Å². The molecule has 0 spiro atoms. The lowest BCUT2D eigenvalue weighted by Gasteiger charge is -2.14. The van der Waals surface area contributed by atoms with Crippen LogP contribution in [-0.2, 0) is 10.0 Å². The number of nitro benzene ring substituents is 1. The van der Waals surface area contributed by atoms with E-state index in [1.165, 1.54) is 26.2 Å². The number of sulfonamides is 1. The van der Waals surface area contributed by atoms with E-state index in [0.717, 1.165) is 28.6 Å². The second kappa shape index (κ2) is 7.36. The molecule has 0 aliphatic heterocycles. The molecule has 11 heteroatoms. The fraction of sp³-hybridized carbons (Fsp3) is 0.133. The monoisotopic (exact) mass is 401 g/mol. The maximum atomic E-state index is 13.3. The van der Waals surface area contributed by atoms with E-state index in [0.29, 0.717) is 0 Å². The van der Waals surface area contributed by atoms with Crippen LogP contribution in [0.4, 0.5) is 15.8 Å². The summed E-state index contributed by atoms with van der Waals surface area (Å²) in [6.07, 6.45) is 0. The first-order valence-corrected chi connectivity index (χ1v) is 8.83. The van der Waals surface area contributed by atoms with Crippen molar-refractivity contribution in [1.29, 1.82) is 0 Å². The summed E-state index contributed by atoms with van der Waals surface area (Å²) in [7, 11) is -1.25. The van der Waals surface area contributed by atoms with Crippen molar-refractivity contribution in [2.75, 3.05) is 19.4 Å². The highest BCUT2D eigenvalue weighted by Gasteiger charge is 2.23. The number of nitro groups is 1. The molecule has 1 amide bonds. The highest BCUT2D eigenvalue weighted by atomic mass is 35.5. The molecule has 0 bridgehead atoms. The van der Waals surface area contributed by atoms with Gasteiger partial charge in [-0.05, 0) is 30.3 Å². The van der Waals surface area contributed by atoms with Crippen LogP contribution in [-0.4, -0.2) is 37.6 Å². The zero-order chi connectivity index (χ0) is 19.6. The Morgan fingerprint density at radius 1 is 1.23 bits per heavy atom. The third-order valence-electron chi connectivity index (χ3n) is 3.35. The smallest absolute Gasteiger partial charge is 0.306 e. The lowest BCUT2D eigenvalue weighted by Crippen LogP contribution is -2.23. The number of halogens is 2. The van der Waals surface area contributed by atoms with Gasteiger partial charge in [0.05, 0.1) is 9.95 Å². The molecule has 2 rings (SSSR count). The van der Waals surface area contributed by atoms with E-state index in [1.807, 2.05) is 0 Å². The summed E-state index contributed by atoms with van der Waals surface area (Å²) in [5.41, 5.74) is -0.855. The predicted octanol–water partition coefficient (Wildman–Crippen LogP) is 2.89. The first-order valence-electron chi connectivity index (χ1n) is 7.01. The van der Waals surface area contributed by atoms with Crippen molar-refractivity contribution in [3.63, 3.8) is 0 Å². The van der Waals surface area contributed by atoms with E-state index in [1.54, 1.807) is 0 Å². The van der Waals surface area contributed by atoms with Gasteiger partial charge in [-0.25, -0.2) is 12.7 Å². The third kappa shape index (κ3) is 3.98. The number of rotatable bonds is 5. The van der Waals surface area contributed by atoms with Crippen molar-refractivity contribution < 1.29 is 22.5 Å². The Morgan fingerprint density at radius 2 is 1.88 bits per heavy atom. The van der Waals surface area contributed by atoms with Gasteiger partial charge in [-0.3, -0.25) is 14.9 Å². The van der Waals surface area contributed by atoms with Crippen LogP contribution in [0.25, 0.3) is 0 Å². The summed E-state index contributed by atoms with van der Waals surface area (Å²) in [6, 6.07) is 6.49. The second-order valence-electron chi connectivity index (χ2n) is 5.31. The van der Waals surface area contributed by atoms with Crippen molar-refractivity contribution in [1.82, 2.24) is 4.31 Å². The summed E-state index contributed by atoms with van der Waals surface area (Å²) >= 11 is 5.91. The van der Waals surface area contributed by atoms with Gasteiger partial charge in [-0.1, -0.05) is 11.6 Å². The second-order valence-corrected chi connectivity index (χ2v) is 7.84. The number of benzene rings is 2. The summed E-state index contributed by atoms with van der Waals surface area (Å²) < 4.78 is 38.8. The minimum absolute atomic E-state index is 0.0185. The van der Waals surface area contributed by atoms with Gasteiger partial charge in [0.1, 0.15) is 4.90 Å². The fourth-order valence-corrected chi connectivity index (χ4v) is 3.37. The van der Waals surface area contributed by atoms with Crippen molar-refractivity contribution in [3.8, 4) is 0 Å². The van der Waals surface area contributed by atoms with Crippen molar-refractivity contribution in [2.45, 2.75) is 4.90 Å². The number of hydrogen-bond donors (Lipinski definition) is 1. The minimum atomic E-state index is -3.88. The lowest BCUT2D eigenvalue weighted by molar-refractivity contribution is -0.387. The molecule has 0 aromatic heterocycles. The molecular weight excluding hydrogens is 389 g/mol. The van der Waals surface area contributed by atoms with Crippen LogP contribution in [0.15, 0.2) is 41.3 Å². The zero-order valence-corrected chi connectivity index (χ0v) is 15.1. The fourth-order valence-electron chi connectivity index (χ4n) is 1.97. The number of nitrogens with zero attached hydrogens (tertiary/aromatic N) is 2. The van der Waals surface area contributed by atoms with Crippen molar-refractivity contribution in [2.24, 2.45) is 0 Å². The zero-order valence-electron chi connectivity index (χ0n) is 13.6. The summed E-state index contributed by atoms with van der Waals surface area (Å²) in [6.45, 7) is 0. The summed E-state index contributed by atoms with van der Waals surface area (Å²) in [5.74, 6) is -1.78. The number of nitrogens with one attached hydrogen (secondary N) is 1. The van der Waals surface area contributed by atoms with Crippen LogP contribution in [0, 0.1) is 15.9 Å². The molecule has 1 N–H and O–H groups in total. The van der Waals surface area contributed by atoms with Gasteiger partial charge in [0.15, 0.2) is 0 Å². The molecule has 0 saturated carbocycles. The number of hydrogen-bond acceptors (Lipinski definition) is 5. The van der Waals surface area contributed by atoms with Crippen molar-refractivity contribution in [3.05, 3.63) is 62.9 Å². The van der Waals surface area contributed by atoms with Crippen LogP contribution in [0.2, 0.25) is 5.02 Å². The highest BCUT2D eigenvalue weighted by molar-refractivity contribution is 7.89. The third-order valence-corrected chi connectivity index (χ3v) is 5.65. The van der Waals surface area contributed by atoms with Crippen LogP contribution in [0.1, 0.15) is 10.4 Å². The molecule has 0 saturated heterocycles. The first-order chi connectivity index (χ1) is 12.0. The molecule has 26 heavy (non-hydrogen) atoms. The molecule has 2 aromatic carbocycles. The molecule has 0 radical (unpaired) electrons. The summed E-state index contributed by atoms with van der Waals surface area (Å²) in [4.78, 5) is 21.9. The number of amides is 1. The molecule has 0 heterocycles. The number of carbonyl (C=O) groups is 1. The standard InChI is InChI=1S/C15H13ClFN3O5S/c1-19(2)26(24,25)14-7-9(3-5-11(14)16)15(21)18-10-4-6-12(17)13(8-10)20(22)23/h3-8H,1-2H3,(H,18,21). The van der Waals surface area contributed by atoms with Gasteiger partial charge in [0.2, 0.25) is 15.8 Å². The SMILES string of the molecule is CN(C)S(=O)(=O)c1cc(C(=O)Nc2ccc(F)c([N+](=O)[O-])c2)ccc1Cl. The predicted molar refractivity (Wildman–Crippen MR) is 93.3 cm³/mol. The van der Waals surface area contributed by atoms with E-state index >= 15 is 0 Å². The van der Waals surface area contributed by atoms with Crippen LogP contribution < -0.4 is 5.32 Å². The van der Waals surface area contributed by atoms with Gasteiger partial charge in [-0.15, -0.1) is 0 Å². The molecule has 138 valence electrons. The Labute approximate surface area is 153 Å². The Kier molecular flexibility index (Phi) is 5.59. The number of anilines is 1. The molecule has 2 aromatic rings. The molecule has 0 fully saturated rings. The average Bonchev–Trinajstić information content (AvgIpc) is 2.56. The molecule has 0 atom stereocenters. The minimum Gasteiger partial charge on any atom is -0.322 e. The highest BCUT2D eigenvalue weighted by Crippen LogP contribution is 2.26. The van der Waals surface area contributed by atoms with Crippen molar-refractivity contribution >= 4 is 38.9 Å². The molecule has 8 nitrogen and oxygen atoms in total. The Morgan fingerprint density at radius 3 is 2.46 bits per heavy atom. The normalized spacial score (nSPS) is 11.4. The van der Waals surface area contributed by atoms with E-state index in [2.05, 4.69) is 5.32 Å². The van der Waals surface area contributed by atoms with Gasteiger partial charge in [0, 0.05) is 31.4 Å². The van der Waals surface area contributed by atoms with Gasteiger partial charge < -0.3 is 5.32 Å². The molecular formula is C15H13ClFN3O5S. The van der Waals surface area contributed by atoms with E-state index in [-0.39, 0.29) is 21.2 Å². The average molecular weight is 402 g/mol. The van der Waals surface area contributed by atoms with Gasteiger partial charge in [0.25, 0.3) is 5.91 Å². The van der Waals surface area contributed by atoms with Crippen LogP contribution >= 0.6 is 11.6 Å². The van der Waals surface area contributed by atoms with E-state index in [9.17, 15) is 27.7 Å². The lowest BCUT2D eigenvalue weighted by atomic mass is 10.2. The maximum absolute atomic E-state index is 13.3. The Bertz CT molecular complexity index is 995. The van der Waals surface area contributed by atoms with Crippen LogP contribution in [0.5, 0.6) is 0 Å². The Balaban J connectivity index is 2.37. The van der Waals surface area contributed by atoms with Gasteiger partial charge in [-0.2, -0.15) is 4.39 Å².